The second-order valence-electron chi connectivity index (χ2n) is 6.92. The van der Waals surface area contributed by atoms with Crippen LogP contribution in [0.25, 0.3) is 0 Å². The van der Waals surface area contributed by atoms with Gasteiger partial charge in [-0.05, 0) is 56.8 Å². The molecule has 2 nitrogen and oxygen atoms in total. The highest BCUT2D eigenvalue weighted by molar-refractivity contribution is 5.25. The summed E-state index contributed by atoms with van der Waals surface area (Å²) in [6.07, 6.45) is 6.44. The van der Waals surface area contributed by atoms with E-state index in [1.165, 1.54) is 32.1 Å². The van der Waals surface area contributed by atoms with Crippen molar-refractivity contribution in [2.75, 3.05) is 19.6 Å². The molecule has 1 aromatic rings. The van der Waals surface area contributed by atoms with E-state index >= 15 is 0 Å². The standard InChI is InChI=1S/C18H27FN2/c1-14-6-7-16(12-17(14)19)15(2)21-11-5-10-20-18(13-21)8-3-4-9-18/h6-7,12,15,20H,3-5,8-11,13H2,1-2H3. The quantitative estimate of drug-likeness (QED) is 0.891. The van der Waals surface area contributed by atoms with Crippen LogP contribution in [0.3, 0.4) is 0 Å². The van der Waals surface area contributed by atoms with Gasteiger partial charge in [-0.2, -0.15) is 0 Å². The van der Waals surface area contributed by atoms with Crippen LogP contribution in [0.2, 0.25) is 0 Å². The minimum absolute atomic E-state index is 0.0807. The topological polar surface area (TPSA) is 15.3 Å². The van der Waals surface area contributed by atoms with Crippen molar-refractivity contribution in [1.82, 2.24) is 10.2 Å². The van der Waals surface area contributed by atoms with Gasteiger partial charge in [0.15, 0.2) is 0 Å². The summed E-state index contributed by atoms with van der Waals surface area (Å²) in [6.45, 7) is 7.37. The molecule has 1 aromatic carbocycles. The molecule has 1 spiro atoms. The molecule has 3 heteroatoms. The molecule has 2 fully saturated rings. The van der Waals surface area contributed by atoms with Gasteiger partial charge in [-0.1, -0.05) is 25.0 Å². The van der Waals surface area contributed by atoms with Crippen LogP contribution in [0.15, 0.2) is 18.2 Å². The maximum atomic E-state index is 13.9. The first-order chi connectivity index (χ1) is 10.1. The van der Waals surface area contributed by atoms with E-state index in [9.17, 15) is 4.39 Å². The fourth-order valence-electron chi connectivity index (χ4n) is 3.96. The Morgan fingerprint density at radius 1 is 1.24 bits per heavy atom. The second-order valence-corrected chi connectivity index (χ2v) is 6.92. The van der Waals surface area contributed by atoms with Gasteiger partial charge in [-0.3, -0.25) is 4.90 Å². The van der Waals surface area contributed by atoms with Crippen molar-refractivity contribution in [3.8, 4) is 0 Å². The van der Waals surface area contributed by atoms with Gasteiger partial charge in [0.25, 0.3) is 0 Å². The molecular weight excluding hydrogens is 263 g/mol. The van der Waals surface area contributed by atoms with Crippen LogP contribution in [-0.2, 0) is 0 Å². The Balaban J connectivity index is 1.78. The Morgan fingerprint density at radius 3 is 2.71 bits per heavy atom. The largest absolute Gasteiger partial charge is 0.310 e. The normalized spacial score (nSPS) is 24.1. The molecule has 1 saturated heterocycles. The van der Waals surface area contributed by atoms with E-state index in [4.69, 9.17) is 0 Å². The fraction of sp³-hybridized carbons (Fsp3) is 0.667. The Kier molecular flexibility index (Phi) is 4.32. The van der Waals surface area contributed by atoms with Gasteiger partial charge in [0.2, 0.25) is 0 Å². The van der Waals surface area contributed by atoms with Crippen LogP contribution < -0.4 is 5.32 Å². The number of aryl methyl sites for hydroxylation is 1. The maximum Gasteiger partial charge on any atom is 0.126 e. The highest BCUT2D eigenvalue weighted by Gasteiger charge is 2.37. The molecule has 2 aliphatic rings. The number of hydrogen-bond donors (Lipinski definition) is 1. The van der Waals surface area contributed by atoms with Crippen molar-refractivity contribution in [2.24, 2.45) is 0 Å². The zero-order valence-corrected chi connectivity index (χ0v) is 13.3. The number of nitrogens with one attached hydrogen (secondary N) is 1. The van der Waals surface area contributed by atoms with Gasteiger partial charge >= 0.3 is 0 Å². The predicted octanol–water partition coefficient (Wildman–Crippen LogP) is 3.80. The van der Waals surface area contributed by atoms with Crippen LogP contribution >= 0.6 is 0 Å². The Hall–Kier alpha value is -0.930. The molecule has 1 aliphatic heterocycles. The first-order valence-corrected chi connectivity index (χ1v) is 8.35. The van der Waals surface area contributed by atoms with E-state index in [1.54, 1.807) is 6.07 Å². The van der Waals surface area contributed by atoms with Crippen molar-refractivity contribution in [2.45, 2.75) is 57.5 Å². The molecule has 21 heavy (non-hydrogen) atoms. The van der Waals surface area contributed by atoms with Crippen LogP contribution in [0, 0.1) is 12.7 Å². The molecular formula is C18H27FN2. The van der Waals surface area contributed by atoms with Crippen molar-refractivity contribution < 1.29 is 4.39 Å². The predicted molar refractivity (Wildman–Crippen MR) is 84.9 cm³/mol. The Bertz CT molecular complexity index is 494. The number of rotatable bonds is 2. The molecule has 1 aliphatic carbocycles. The third-order valence-electron chi connectivity index (χ3n) is 5.41. The van der Waals surface area contributed by atoms with Crippen molar-refractivity contribution in [3.05, 3.63) is 35.1 Å². The average molecular weight is 290 g/mol. The molecule has 3 rings (SSSR count). The van der Waals surface area contributed by atoms with Gasteiger partial charge in [-0.15, -0.1) is 0 Å². The molecule has 1 unspecified atom stereocenters. The number of benzene rings is 1. The van der Waals surface area contributed by atoms with Crippen LogP contribution in [-0.4, -0.2) is 30.1 Å². The lowest BCUT2D eigenvalue weighted by atomic mass is 9.95. The van der Waals surface area contributed by atoms with Gasteiger partial charge in [0.1, 0.15) is 5.82 Å². The van der Waals surface area contributed by atoms with Gasteiger partial charge in [0.05, 0.1) is 0 Å². The van der Waals surface area contributed by atoms with Crippen molar-refractivity contribution in [1.29, 1.82) is 0 Å². The molecule has 1 N–H and O–H groups in total. The van der Waals surface area contributed by atoms with Gasteiger partial charge in [0, 0.05) is 24.7 Å². The van der Waals surface area contributed by atoms with E-state index in [0.717, 1.165) is 30.8 Å². The van der Waals surface area contributed by atoms with Gasteiger partial charge in [-0.25, -0.2) is 4.39 Å². The SMILES string of the molecule is Cc1ccc(C(C)N2CCCNC3(CCCC3)C2)cc1F. The van der Waals surface area contributed by atoms with Crippen LogP contribution in [0.1, 0.15) is 56.2 Å². The molecule has 0 amide bonds. The monoisotopic (exact) mass is 290 g/mol. The number of hydrogen-bond acceptors (Lipinski definition) is 2. The van der Waals surface area contributed by atoms with Gasteiger partial charge < -0.3 is 5.32 Å². The summed E-state index contributed by atoms with van der Waals surface area (Å²) in [4.78, 5) is 2.55. The lowest BCUT2D eigenvalue weighted by Gasteiger charge is -2.36. The molecule has 1 atom stereocenters. The summed E-state index contributed by atoms with van der Waals surface area (Å²) in [5, 5.41) is 3.80. The maximum absolute atomic E-state index is 13.9. The minimum Gasteiger partial charge on any atom is -0.310 e. The smallest absolute Gasteiger partial charge is 0.126 e. The number of nitrogens with zero attached hydrogens (tertiary/aromatic N) is 1. The van der Waals surface area contributed by atoms with Crippen molar-refractivity contribution >= 4 is 0 Å². The summed E-state index contributed by atoms with van der Waals surface area (Å²) < 4.78 is 13.9. The van der Waals surface area contributed by atoms with Crippen LogP contribution in [0.5, 0.6) is 0 Å². The molecule has 0 aromatic heterocycles. The lowest BCUT2D eigenvalue weighted by molar-refractivity contribution is 0.165. The van der Waals surface area contributed by atoms with Crippen molar-refractivity contribution in [3.63, 3.8) is 0 Å². The van der Waals surface area contributed by atoms with E-state index in [1.807, 2.05) is 13.0 Å². The van der Waals surface area contributed by atoms with E-state index < -0.39 is 0 Å². The lowest BCUT2D eigenvalue weighted by Crippen LogP contribution is -2.49. The van der Waals surface area contributed by atoms with E-state index in [0.29, 0.717) is 5.54 Å². The third kappa shape index (κ3) is 3.14. The van der Waals surface area contributed by atoms with Crippen LogP contribution in [0.4, 0.5) is 4.39 Å². The zero-order chi connectivity index (χ0) is 14.9. The molecule has 0 bridgehead atoms. The third-order valence-corrected chi connectivity index (χ3v) is 5.41. The number of halogens is 1. The summed E-state index contributed by atoms with van der Waals surface area (Å²) >= 11 is 0. The first kappa shape index (κ1) is 15.0. The highest BCUT2D eigenvalue weighted by atomic mass is 19.1. The minimum atomic E-state index is -0.0807. The summed E-state index contributed by atoms with van der Waals surface area (Å²) in [6, 6.07) is 6.00. The fourth-order valence-corrected chi connectivity index (χ4v) is 3.96. The highest BCUT2D eigenvalue weighted by Crippen LogP contribution is 2.34. The summed E-state index contributed by atoms with van der Waals surface area (Å²) in [7, 11) is 0. The second kappa shape index (κ2) is 6.05. The molecule has 1 heterocycles. The average Bonchev–Trinajstić information content (AvgIpc) is 2.82. The summed E-state index contributed by atoms with van der Waals surface area (Å²) in [5.74, 6) is -0.0807. The first-order valence-electron chi connectivity index (χ1n) is 8.35. The Labute approximate surface area is 127 Å². The molecule has 1 saturated carbocycles. The van der Waals surface area contributed by atoms with E-state index in [-0.39, 0.29) is 11.9 Å². The summed E-state index contributed by atoms with van der Waals surface area (Å²) in [5.41, 5.74) is 2.15. The van der Waals surface area contributed by atoms with E-state index in [2.05, 4.69) is 23.2 Å². The zero-order valence-electron chi connectivity index (χ0n) is 13.3. The Morgan fingerprint density at radius 2 is 2.00 bits per heavy atom. The molecule has 0 radical (unpaired) electrons. The molecule has 116 valence electrons.